The van der Waals surface area contributed by atoms with Crippen molar-refractivity contribution >= 4 is 0 Å². The largest absolute Gasteiger partial charge is 0.309 e. The van der Waals surface area contributed by atoms with Gasteiger partial charge in [-0.3, -0.25) is 0 Å². The molecule has 15 heavy (non-hydrogen) atoms. The van der Waals surface area contributed by atoms with Crippen LogP contribution in [0.2, 0.25) is 0 Å². The molecular weight excluding hydrogens is 182 g/mol. The molecule has 2 saturated carbocycles. The van der Waals surface area contributed by atoms with Gasteiger partial charge >= 0.3 is 0 Å². The van der Waals surface area contributed by atoms with Gasteiger partial charge in [0.05, 0.1) is 0 Å². The zero-order chi connectivity index (χ0) is 11.3. The predicted octanol–water partition coefficient (Wildman–Crippen LogP) is 3.59. The van der Waals surface area contributed by atoms with Gasteiger partial charge in [-0.15, -0.1) is 0 Å². The fraction of sp³-hybridized carbons (Fsp3) is 1.00. The number of hydrogen-bond donors (Lipinski definition) is 1. The minimum atomic E-state index is 0.272. The summed E-state index contributed by atoms with van der Waals surface area (Å²) < 4.78 is 0. The van der Waals surface area contributed by atoms with Crippen LogP contribution in [0.5, 0.6) is 0 Å². The molecule has 0 bridgehead atoms. The Bertz CT molecular complexity index is 240. The molecule has 2 aliphatic rings. The molecule has 4 unspecified atom stereocenters. The number of nitrogens with one attached hydrogen (secondary N) is 1. The van der Waals surface area contributed by atoms with Gasteiger partial charge in [0, 0.05) is 11.6 Å². The highest BCUT2D eigenvalue weighted by Crippen LogP contribution is 2.56. The summed E-state index contributed by atoms with van der Waals surface area (Å²) in [5, 5.41) is 3.85. The summed E-state index contributed by atoms with van der Waals surface area (Å²) in [4.78, 5) is 0. The normalized spacial score (nSPS) is 45.8. The lowest BCUT2D eigenvalue weighted by Gasteiger charge is -2.37. The average molecular weight is 209 g/mol. The lowest BCUT2D eigenvalue weighted by Crippen LogP contribution is -2.49. The van der Waals surface area contributed by atoms with Crippen molar-refractivity contribution in [1.29, 1.82) is 0 Å². The molecule has 1 N–H and O–H groups in total. The van der Waals surface area contributed by atoms with E-state index in [1.807, 2.05) is 0 Å². The van der Waals surface area contributed by atoms with Gasteiger partial charge in [0.1, 0.15) is 0 Å². The van der Waals surface area contributed by atoms with Gasteiger partial charge in [-0.2, -0.15) is 0 Å². The van der Waals surface area contributed by atoms with Crippen LogP contribution in [0, 0.1) is 17.3 Å². The van der Waals surface area contributed by atoms with Crippen molar-refractivity contribution in [1.82, 2.24) is 5.32 Å². The molecule has 0 radical (unpaired) electrons. The van der Waals surface area contributed by atoms with Gasteiger partial charge < -0.3 is 5.32 Å². The monoisotopic (exact) mass is 209 g/mol. The molecule has 0 aromatic rings. The first-order chi connectivity index (χ1) is 6.83. The molecule has 0 amide bonds. The molecule has 4 atom stereocenters. The zero-order valence-corrected chi connectivity index (χ0v) is 11.1. The van der Waals surface area contributed by atoms with E-state index in [-0.39, 0.29) is 5.54 Å². The van der Waals surface area contributed by atoms with Crippen LogP contribution in [0.15, 0.2) is 0 Å². The first-order valence-corrected chi connectivity index (χ1v) is 6.61. The Morgan fingerprint density at radius 1 is 1.13 bits per heavy atom. The Balaban J connectivity index is 2.10. The minimum Gasteiger partial charge on any atom is -0.309 e. The van der Waals surface area contributed by atoms with Crippen molar-refractivity contribution in [3.63, 3.8) is 0 Å². The van der Waals surface area contributed by atoms with Gasteiger partial charge in [-0.1, -0.05) is 13.8 Å². The molecule has 88 valence electrons. The molecular formula is C14H27N. The second kappa shape index (κ2) is 3.48. The van der Waals surface area contributed by atoms with Crippen LogP contribution in [0.25, 0.3) is 0 Å². The maximum absolute atomic E-state index is 3.85. The van der Waals surface area contributed by atoms with E-state index in [9.17, 15) is 0 Å². The maximum atomic E-state index is 3.85. The lowest BCUT2D eigenvalue weighted by atomic mass is 9.77. The zero-order valence-electron chi connectivity index (χ0n) is 11.1. The summed E-state index contributed by atoms with van der Waals surface area (Å²) >= 11 is 0. The third-order valence-electron chi connectivity index (χ3n) is 4.84. The Morgan fingerprint density at radius 2 is 1.80 bits per heavy atom. The van der Waals surface area contributed by atoms with Crippen LogP contribution in [-0.4, -0.2) is 11.6 Å². The van der Waals surface area contributed by atoms with Crippen LogP contribution >= 0.6 is 0 Å². The summed E-state index contributed by atoms with van der Waals surface area (Å²) in [5.74, 6) is 1.94. The molecule has 2 rings (SSSR count). The highest BCUT2D eigenvalue weighted by Gasteiger charge is 2.52. The van der Waals surface area contributed by atoms with Crippen LogP contribution in [0.3, 0.4) is 0 Å². The van der Waals surface area contributed by atoms with Crippen molar-refractivity contribution < 1.29 is 0 Å². The van der Waals surface area contributed by atoms with Crippen molar-refractivity contribution in [2.45, 2.75) is 71.9 Å². The van der Waals surface area contributed by atoms with E-state index < -0.39 is 0 Å². The van der Waals surface area contributed by atoms with Crippen LogP contribution in [-0.2, 0) is 0 Å². The molecule has 2 fully saturated rings. The van der Waals surface area contributed by atoms with Crippen LogP contribution in [0.1, 0.15) is 60.3 Å². The molecule has 0 heterocycles. The van der Waals surface area contributed by atoms with Gasteiger partial charge in [-0.25, -0.2) is 0 Å². The Hall–Kier alpha value is -0.0400. The standard InChI is InChI=1S/C14H27N/c1-10-8-9-14(5)11(10)6-7-12(14)15-13(2,3)4/h10-12,15H,6-9H2,1-5H3. The SMILES string of the molecule is CC1CCC2(C)C(NC(C)(C)C)CCC12. The summed E-state index contributed by atoms with van der Waals surface area (Å²) in [6.45, 7) is 11.9. The fourth-order valence-corrected chi connectivity index (χ4v) is 4.06. The van der Waals surface area contributed by atoms with E-state index >= 15 is 0 Å². The van der Waals surface area contributed by atoms with E-state index in [1.165, 1.54) is 25.7 Å². The van der Waals surface area contributed by atoms with Gasteiger partial charge in [0.25, 0.3) is 0 Å². The van der Waals surface area contributed by atoms with E-state index in [0.717, 1.165) is 17.9 Å². The quantitative estimate of drug-likeness (QED) is 0.696. The van der Waals surface area contributed by atoms with Crippen LogP contribution in [0.4, 0.5) is 0 Å². The van der Waals surface area contributed by atoms with Crippen molar-refractivity contribution in [2.24, 2.45) is 17.3 Å². The molecule has 0 aliphatic heterocycles. The van der Waals surface area contributed by atoms with Crippen LogP contribution < -0.4 is 5.32 Å². The van der Waals surface area contributed by atoms with E-state index in [0.29, 0.717) is 5.41 Å². The third kappa shape index (κ3) is 1.95. The summed E-state index contributed by atoms with van der Waals surface area (Å²) in [6, 6.07) is 0.757. The topological polar surface area (TPSA) is 12.0 Å². The summed E-state index contributed by atoms with van der Waals surface area (Å²) in [6.07, 6.45) is 5.73. The molecule has 1 heteroatoms. The molecule has 0 spiro atoms. The number of fused-ring (bicyclic) bond motifs is 1. The van der Waals surface area contributed by atoms with Crippen molar-refractivity contribution in [3.8, 4) is 0 Å². The Morgan fingerprint density at radius 3 is 2.40 bits per heavy atom. The van der Waals surface area contributed by atoms with Gasteiger partial charge in [0.2, 0.25) is 0 Å². The highest BCUT2D eigenvalue weighted by atomic mass is 15.0. The second-order valence-electron chi connectivity index (χ2n) is 7.15. The Kier molecular flexibility index (Phi) is 2.65. The summed E-state index contributed by atoms with van der Waals surface area (Å²) in [7, 11) is 0. The third-order valence-corrected chi connectivity index (χ3v) is 4.84. The van der Waals surface area contributed by atoms with Crippen molar-refractivity contribution in [3.05, 3.63) is 0 Å². The van der Waals surface area contributed by atoms with Gasteiger partial charge in [0.15, 0.2) is 0 Å². The smallest absolute Gasteiger partial charge is 0.0129 e. The van der Waals surface area contributed by atoms with E-state index in [4.69, 9.17) is 0 Å². The number of hydrogen-bond acceptors (Lipinski definition) is 1. The molecule has 0 aromatic heterocycles. The first-order valence-electron chi connectivity index (χ1n) is 6.61. The van der Waals surface area contributed by atoms with Crippen molar-refractivity contribution in [2.75, 3.05) is 0 Å². The average Bonchev–Trinajstić information content (AvgIpc) is 2.52. The maximum Gasteiger partial charge on any atom is 0.0129 e. The molecule has 1 nitrogen and oxygen atoms in total. The fourth-order valence-electron chi connectivity index (χ4n) is 4.06. The molecule has 0 aromatic carbocycles. The predicted molar refractivity (Wildman–Crippen MR) is 65.9 cm³/mol. The second-order valence-corrected chi connectivity index (χ2v) is 7.15. The van der Waals surface area contributed by atoms with Gasteiger partial charge in [-0.05, 0) is 63.7 Å². The Labute approximate surface area is 95.0 Å². The van der Waals surface area contributed by atoms with E-state index in [2.05, 4.69) is 39.9 Å². The lowest BCUT2D eigenvalue weighted by molar-refractivity contribution is 0.173. The number of rotatable bonds is 1. The molecule has 2 aliphatic carbocycles. The van der Waals surface area contributed by atoms with E-state index in [1.54, 1.807) is 0 Å². The molecule has 0 saturated heterocycles. The summed E-state index contributed by atoms with van der Waals surface area (Å²) in [5.41, 5.74) is 0.862. The minimum absolute atomic E-state index is 0.272. The highest BCUT2D eigenvalue weighted by molar-refractivity contribution is 5.05. The first kappa shape index (κ1) is 11.4.